The highest BCUT2D eigenvalue weighted by Gasteiger charge is 2.53. The maximum Gasteiger partial charge on any atom is 0.394 e. The van der Waals surface area contributed by atoms with Crippen LogP contribution in [0.3, 0.4) is 0 Å². The zero-order chi connectivity index (χ0) is 17.2. The van der Waals surface area contributed by atoms with Crippen LogP contribution in [0.15, 0.2) is 12.1 Å². The van der Waals surface area contributed by atoms with Crippen LogP contribution in [0.1, 0.15) is 0 Å². The third kappa shape index (κ3) is 3.79. The molecule has 23 heavy (non-hydrogen) atoms. The summed E-state index contributed by atoms with van der Waals surface area (Å²) in [7, 11) is 1.37. The van der Waals surface area contributed by atoms with Gasteiger partial charge in [0.05, 0.1) is 18.9 Å². The molecule has 0 aliphatic carbocycles. The second-order valence-corrected chi connectivity index (χ2v) is 4.89. The van der Waals surface area contributed by atoms with E-state index in [9.17, 15) is 22.8 Å². The van der Waals surface area contributed by atoms with E-state index in [0.717, 1.165) is 4.90 Å². The van der Waals surface area contributed by atoms with Gasteiger partial charge in [0.1, 0.15) is 0 Å². The van der Waals surface area contributed by atoms with Crippen molar-refractivity contribution in [2.75, 3.05) is 25.5 Å². The standard InChI is InChI=1S/C12H13F3N4O4/c1-23-9-3-2-8(17-18-9)16-11(22)19-4-6(10(20)21)7(5-19)12(13,14)15/h2-3,6-7H,4-5H2,1H3,(H,20,21)(H,16,17,22)/t6-,7-/m1/s1. The molecule has 1 aliphatic heterocycles. The SMILES string of the molecule is COc1ccc(NC(=O)N2C[C@@H](C(F)(F)F)[C@H](C(=O)O)C2)nn1. The van der Waals surface area contributed by atoms with Gasteiger partial charge in [-0.1, -0.05) is 0 Å². The Hall–Kier alpha value is -2.59. The monoisotopic (exact) mass is 334 g/mol. The van der Waals surface area contributed by atoms with E-state index in [1.165, 1.54) is 19.2 Å². The number of carboxylic acids is 1. The van der Waals surface area contributed by atoms with Crippen LogP contribution < -0.4 is 10.1 Å². The molecule has 0 radical (unpaired) electrons. The van der Waals surface area contributed by atoms with Crippen LogP contribution in [-0.4, -0.2) is 58.6 Å². The number of carbonyl (C=O) groups excluding carboxylic acids is 1. The molecule has 2 rings (SSSR count). The number of hydrogen-bond acceptors (Lipinski definition) is 5. The van der Waals surface area contributed by atoms with E-state index < -0.39 is 43.1 Å². The van der Waals surface area contributed by atoms with Gasteiger partial charge in [-0.3, -0.25) is 10.1 Å². The molecular formula is C12H13F3N4O4. The number of nitrogens with zero attached hydrogens (tertiary/aromatic N) is 3. The molecule has 1 aliphatic rings. The summed E-state index contributed by atoms with van der Waals surface area (Å²) in [5.74, 6) is -5.17. The molecule has 2 amide bonds. The van der Waals surface area contributed by atoms with Crippen LogP contribution in [0.2, 0.25) is 0 Å². The van der Waals surface area contributed by atoms with Gasteiger partial charge in [-0.05, 0) is 6.07 Å². The molecule has 0 spiro atoms. The lowest BCUT2D eigenvalue weighted by Crippen LogP contribution is -2.35. The van der Waals surface area contributed by atoms with Gasteiger partial charge < -0.3 is 14.7 Å². The zero-order valence-corrected chi connectivity index (χ0v) is 11.9. The van der Waals surface area contributed by atoms with Crippen LogP contribution in [0, 0.1) is 11.8 Å². The number of hydrogen-bond donors (Lipinski definition) is 2. The molecule has 0 aromatic carbocycles. The van der Waals surface area contributed by atoms with Gasteiger partial charge >= 0.3 is 18.2 Å². The first kappa shape index (κ1) is 16.8. The van der Waals surface area contributed by atoms with Gasteiger partial charge in [0.25, 0.3) is 0 Å². The van der Waals surface area contributed by atoms with E-state index in [2.05, 4.69) is 15.5 Å². The quantitative estimate of drug-likeness (QED) is 0.861. The summed E-state index contributed by atoms with van der Waals surface area (Å²) >= 11 is 0. The van der Waals surface area contributed by atoms with E-state index in [1.54, 1.807) is 0 Å². The summed E-state index contributed by atoms with van der Waals surface area (Å²) in [5.41, 5.74) is 0. The molecule has 126 valence electrons. The minimum Gasteiger partial charge on any atom is -0.481 e. The number of amides is 2. The number of rotatable bonds is 3. The van der Waals surface area contributed by atoms with Gasteiger partial charge in [0.15, 0.2) is 5.82 Å². The summed E-state index contributed by atoms with van der Waals surface area (Å²) < 4.78 is 43.4. The van der Waals surface area contributed by atoms with Crippen LogP contribution in [0.25, 0.3) is 0 Å². The number of nitrogens with one attached hydrogen (secondary N) is 1. The van der Waals surface area contributed by atoms with Crippen LogP contribution in [-0.2, 0) is 4.79 Å². The highest BCUT2D eigenvalue weighted by atomic mass is 19.4. The second kappa shape index (κ2) is 6.26. The molecular weight excluding hydrogens is 321 g/mol. The van der Waals surface area contributed by atoms with Crippen molar-refractivity contribution in [1.82, 2.24) is 15.1 Å². The Morgan fingerprint density at radius 1 is 1.35 bits per heavy atom. The van der Waals surface area contributed by atoms with Gasteiger partial charge in [0, 0.05) is 19.2 Å². The van der Waals surface area contributed by atoms with Crippen LogP contribution in [0.5, 0.6) is 5.88 Å². The smallest absolute Gasteiger partial charge is 0.394 e. The molecule has 0 saturated carbocycles. The molecule has 11 heteroatoms. The summed E-state index contributed by atoms with van der Waals surface area (Å²) in [6.07, 6.45) is -4.70. The Morgan fingerprint density at radius 3 is 2.48 bits per heavy atom. The molecule has 2 N–H and O–H groups in total. The van der Waals surface area contributed by atoms with Crippen molar-refractivity contribution >= 4 is 17.8 Å². The Bertz CT molecular complexity index is 593. The Morgan fingerprint density at radius 2 is 2.04 bits per heavy atom. The number of carbonyl (C=O) groups is 2. The van der Waals surface area contributed by atoms with Crippen molar-refractivity contribution in [3.05, 3.63) is 12.1 Å². The van der Waals surface area contributed by atoms with E-state index in [-0.39, 0.29) is 11.7 Å². The van der Waals surface area contributed by atoms with E-state index in [0.29, 0.717) is 0 Å². The topological polar surface area (TPSA) is 105 Å². The van der Waals surface area contributed by atoms with Crippen molar-refractivity contribution in [2.24, 2.45) is 11.8 Å². The van der Waals surface area contributed by atoms with Crippen molar-refractivity contribution in [1.29, 1.82) is 0 Å². The lowest BCUT2D eigenvalue weighted by molar-refractivity contribution is -0.187. The fourth-order valence-electron chi connectivity index (χ4n) is 2.24. The van der Waals surface area contributed by atoms with Crippen molar-refractivity contribution < 1.29 is 32.6 Å². The largest absolute Gasteiger partial charge is 0.481 e. The van der Waals surface area contributed by atoms with Crippen molar-refractivity contribution in [3.8, 4) is 5.88 Å². The number of likely N-dealkylation sites (tertiary alicyclic amines) is 1. The predicted octanol–water partition coefficient (Wildman–Crippen LogP) is 1.21. The summed E-state index contributed by atoms with van der Waals surface area (Å²) in [6.45, 7) is -1.26. The van der Waals surface area contributed by atoms with Crippen molar-refractivity contribution in [3.63, 3.8) is 0 Å². The average molecular weight is 334 g/mol. The van der Waals surface area contributed by atoms with Gasteiger partial charge in [-0.2, -0.15) is 13.2 Å². The number of halogens is 3. The Kier molecular flexibility index (Phi) is 4.57. The summed E-state index contributed by atoms with van der Waals surface area (Å²) in [4.78, 5) is 23.7. The van der Waals surface area contributed by atoms with E-state index in [4.69, 9.17) is 9.84 Å². The number of ether oxygens (including phenoxy) is 1. The Labute approximate surface area is 128 Å². The molecule has 2 heterocycles. The average Bonchev–Trinajstić information content (AvgIpc) is 2.93. The number of methoxy groups -OCH3 is 1. The Balaban J connectivity index is 2.06. The highest BCUT2D eigenvalue weighted by molar-refractivity contribution is 5.89. The highest BCUT2D eigenvalue weighted by Crippen LogP contribution is 2.37. The van der Waals surface area contributed by atoms with E-state index in [1.807, 2.05) is 0 Å². The second-order valence-electron chi connectivity index (χ2n) is 4.89. The van der Waals surface area contributed by atoms with Gasteiger partial charge in [-0.25, -0.2) is 4.79 Å². The first-order valence-corrected chi connectivity index (χ1v) is 6.45. The van der Waals surface area contributed by atoms with Crippen LogP contribution >= 0.6 is 0 Å². The molecule has 8 nitrogen and oxygen atoms in total. The number of urea groups is 1. The summed E-state index contributed by atoms with van der Waals surface area (Å²) in [6, 6.07) is 1.89. The molecule has 1 saturated heterocycles. The number of anilines is 1. The lowest BCUT2D eigenvalue weighted by atomic mass is 9.96. The molecule has 0 bridgehead atoms. The maximum atomic E-state index is 12.9. The molecule has 1 aromatic heterocycles. The number of aliphatic carboxylic acids is 1. The van der Waals surface area contributed by atoms with Crippen molar-refractivity contribution in [2.45, 2.75) is 6.18 Å². The molecule has 1 aromatic rings. The fourth-order valence-corrected chi connectivity index (χ4v) is 2.24. The third-order valence-corrected chi connectivity index (χ3v) is 3.43. The number of carboxylic acid groups (broad SMARTS) is 1. The first-order valence-electron chi connectivity index (χ1n) is 6.45. The van der Waals surface area contributed by atoms with Gasteiger partial charge in [0.2, 0.25) is 5.88 Å². The van der Waals surface area contributed by atoms with Crippen LogP contribution in [0.4, 0.5) is 23.8 Å². The minimum atomic E-state index is -4.70. The van der Waals surface area contributed by atoms with Gasteiger partial charge in [-0.15, -0.1) is 10.2 Å². The first-order chi connectivity index (χ1) is 10.7. The number of alkyl halides is 3. The normalized spacial score (nSPS) is 21.1. The fraction of sp³-hybridized carbons (Fsp3) is 0.500. The maximum absolute atomic E-state index is 12.9. The minimum absolute atomic E-state index is 0.0122. The molecule has 0 unspecified atom stereocenters. The predicted molar refractivity (Wildman–Crippen MR) is 69.8 cm³/mol. The molecule has 2 atom stereocenters. The summed E-state index contributed by atoms with van der Waals surface area (Å²) in [5, 5.41) is 18.4. The number of aromatic nitrogens is 2. The lowest BCUT2D eigenvalue weighted by Gasteiger charge is -2.18. The third-order valence-electron chi connectivity index (χ3n) is 3.43. The zero-order valence-electron chi connectivity index (χ0n) is 11.9. The molecule has 1 fully saturated rings. The van der Waals surface area contributed by atoms with E-state index >= 15 is 0 Å².